The van der Waals surface area contributed by atoms with E-state index in [1.165, 1.54) is 12.0 Å². The summed E-state index contributed by atoms with van der Waals surface area (Å²) < 4.78 is 0. The Balaban J connectivity index is 1.81. The lowest BCUT2D eigenvalue weighted by Crippen LogP contribution is -2.49. The Morgan fingerprint density at radius 2 is 2.11 bits per heavy atom. The lowest BCUT2D eigenvalue weighted by atomic mass is 10.0. The van der Waals surface area contributed by atoms with Crippen molar-refractivity contribution in [1.29, 1.82) is 0 Å². The second-order valence-electron chi connectivity index (χ2n) is 5.56. The zero-order chi connectivity index (χ0) is 13.2. The molecular formula is C16H22N2O. The number of likely N-dealkylation sites (tertiary alicyclic amines) is 1. The van der Waals surface area contributed by atoms with Gasteiger partial charge in [0.1, 0.15) is 0 Å². The maximum atomic E-state index is 12.8. The monoisotopic (exact) mass is 258 g/mol. The summed E-state index contributed by atoms with van der Waals surface area (Å²) in [6, 6.07) is 8.95. The lowest BCUT2D eigenvalue weighted by molar-refractivity contribution is 0.155. The van der Waals surface area contributed by atoms with Gasteiger partial charge in [0, 0.05) is 24.8 Å². The van der Waals surface area contributed by atoms with Crippen LogP contribution in [0.5, 0.6) is 0 Å². The van der Waals surface area contributed by atoms with Gasteiger partial charge in [0.25, 0.3) is 0 Å². The molecule has 0 N–H and O–H groups in total. The van der Waals surface area contributed by atoms with Crippen LogP contribution in [-0.4, -0.2) is 30.1 Å². The topological polar surface area (TPSA) is 23.6 Å². The largest absolute Gasteiger partial charge is 0.324 e. The van der Waals surface area contributed by atoms with Crippen molar-refractivity contribution in [3.63, 3.8) is 0 Å². The Bertz CT molecular complexity index is 472. The quantitative estimate of drug-likeness (QED) is 0.757. The summed E-state index contributed by atoms with van der Waals surface area (Å²) in [7, 11) is 0. The molecule has 3 rings (SSSR count). The molecule has 3 heteroatoms. The normalized spacial score (nSPS) is 22.5. The summed E-state index contributed by atoms with van der Waals surface area (Å²) in [6.07, 6.45) is 5.64. The summed E-state index contributed by atoms with van der Waals surface area (Å²) in [5.74, 6) is 0. The van der Waals surface area contributed by atoms with Gasteiger partial charge in [-0.1, -0.05) is 25.1 Å². The zero-order valence-electron chi connectivity index (χ0n) is 11.6. The zero-order valence-corrected chi connectivity index (χ0v) is 11.6. The highest BCUT2D eigenvalue weighted by Gasteiger charge is 2.32. The number of anilines is 1. The van der Waals surface area contributed by atoms with Crippen molar-refractivity contribution in [3.05, 3.63) is 29.8 Å². The van der Waals surface area contributed by atoms with Crippen molar-refractivity contribution < 1.29 is 4.79 Å². The number of benzene rings is 1. The highest BCUT2D eigenvalue weighted by Crippen LogP contribution is 2.30. The molecule has 1 aromatic carbocycles. The van der Waals surface area contributed by atoms with Crippen LogP contribution < -0.4 is 4.90 Å². The molecule has 0 aromatic heterocycles. The Kier molecular flexibility index (Phi) is 3.45. The van der Waals surface area contributed by atoms with Gasteiger partial charge in [-0.25, -0.2) is 4.79 Å². The first-order valence-corrected chi connectivity index (χ1v) is 7.47. The van der Waals surface area contributed by atoms with E-state index in [9.17, 15) is 4.79 Å². The van der Waals surface area contributed by atoms with Gasteiger partial charge in [0.2, 0.25) is 0 Å². The molecule has 2 aliphatic heterocycles. The summed E-state index contributed by atoms with van der Waals surface area (Å²) in [6.45, 7) is 3.95. The van der Waals surface area contributed by atoms with Gasteiger partial charge >= 0.3 is 6.03 Å². The molecule has 102 valence electrons. The number of piperidine rings is 1. The van der Waals surface area contributed by atoms with E-state index in [4.69, 9.17) is 0 Å². The Morgan fingerprint density at radius 3 is 2.95 bits per heavy atom. The van der Waals surface area contributed by atoms with Gasteiger partial charge in [-0.3, -0.25) is 4.90 Å². The standard InChI is InChI=1S/C16H22N2O/c1-2-14-8-5-6-11-17(14)16(19)18-12-10-13-7-3-4-9-15(13)18/h3-4,7,9,14H,2,5-6,8,10-12H2,1H3. The van der Waals surface area contributed by atoms with E-state index in [1.807, 2.05) is 11.0 Å². The van der Waals surface area contributed by atoms with Crippen molar-refractivity contribution in [2.75, 3.05) is 18.0 Å². The number of hydrogen-bond donors (Lipinski definition) is 0. The SMILES string of the molecule is CCC1CCCCN1C(=O)N1CCc2ccccc21. The fraction of sp³-hybridized carbons (Fsp3) is 0.562. The molecule has 1 saturated heterocycles. The molecular weight excluding hydrogens is 236 g/mol. The van der Waals surface area contributed by atoms with Crippen LogP contribution in [0.4, 0.5) is 10.5 Å². The third-order valence-electron chi connectivity index (χ3n) is 4.46. The number of hydrogen-bond acceptors (Lipinski definition) is 1. The summed E-state index contributed by atoms with van der Waals surface area (Å²) in [5, 5.41) is 0. The van der Waals surface area contributed by atoms with Crippen molar-refractivity contribution in [3.8, 4) is 0 Å². The maximum Gasteiger partial charge on any atom is 0.324 e. The van der Waals surface area contributed by atoms with Crippen molar-refractivity contribution in [2.24, 2.45) is 0 Å². The predicted octanol–water partition coefficient (Wildman–Crippen LogP) is 3.43. The van der Waals surface area contributed by atoms with E-state index in [1.54, 1.807) is 0 Å². The minimum Gasteiger partial charge on any atom is -0.321 e. The second kappa shape index (κ2) is 5.24. The summed E-state index contributed by atoms with van der Waals surface area (Å²) >= 11 is 0. The minimum atomic E-state index is 0.219. The molecule has 0 spiro atoms. The van der Waals surface area contributed by atoms with E-state index >= 15 is 0 Å². The first-order chi connectivity index (χ1) is 9.31. The molecule has 3 nitrogen and oxygen atoms in total. The predicted molar refractivity (Wildman–Crippen MR) is 77.5 cm³/mol. The highest BCUT2D eigenvalue weighted by atomic mass is 16.2. The molecule has 2 amide bonds. The summed E-state index contributed by atoms with van der Waals surface area (Å²) in [4.78, 5) is 16.9. The third-order valence-corrected chi connectivity index (χ3v) is 4.46. The van der Waals surface area contributed by atoms with E-state index in [2.05, 4.69) is 30.0 Å². The van der Waals surface area contributed by atoms with Crippen LogP contribution in [0.3, 0.4) is 0 Å². The minimum absolute atomic E-state index is 0.219. The Hall–Kier alpha value is -1.51. The molecule has 1 atom stereocenters. The molecule has 0 radical (unpaired) electrons. The molecule has 2 heterocycles. The van der Waals surface area contributed by atoms with Crippen LogP contribution in [0.15, 0.2) is 24.3 Å². The molecule has 2 aliphatic rings. The number of carbonyl (C=O) groups excluding carboxylic acids is 1. The molecule has 0 bridgehead atoms. The molecule has 1 unspecified atom stereocenters. The third kappa shape index (κ3) is 2.22. The van der Waals surface area contributed by atoms with Crippen molar-refractivity contribution >= 4 is 11.7 Å². The van der Waals surface area contributed by atoms with Crippen LogP contribution in [0.2, 0.25) is 0 Å². The Morgan fingerprint density at radius 1 is 1.26 bits per heavy atom. The average molecular weight is 258 g/mol. The highest BCUT2D eigenvalue weighted by molar-refractivity contribution is 5.94. The van der Waals surface area contributed by atoms with E-state index in [0.717, 1.165) is 44.5 Å². The molecule has 0 saturated carbocycles. The van der Waals surface area contributed by atoms with Gasteiger partial charge in [0.15, 0.2) is 0 Å². The Labute approximate surface area is 115 Å². The maximum absolute atomic E-state index is 12.8. The van der Waals surface area contributed by atoms with Crippen molar-refractivity contribution in [1.82, 2.24) is 4.90 Å². The first-order valence-electron chi connectivity index (χ1n) is 7.47. The second-order valence-corrected chi connectivity index (χ2v) is 5.56. The van der Waals surface area contributed by atoms with Crippen LogP contribution in [0.25, 0.3) is 0 Å². The smallest absolute Gasteiger partial charge is 0.321 e. The first kappa shape index (κ1) is 12.5. The molecule has 19 heavy (non-hydrogen) atoms. The molecule has 0 aliphatic carbocycles. The summed E-state index contributed by atoms with van der Waals surface area (Å²) in [5.41, 5.74) is 2.42. The van der Waals surface area contributed by atoms with E-state index < -0.39 is 0 Å². The number of carbonyl (C=O) groups is 1. The van der Waals surface area contributed by atoms with Crippen molar-refractivity contribution in [2.45, 2.75) is 45.1 Å². The van der Waals surface area contributed by atoms with Gasteiger partial charge in [0.05, 0.1) is 0 Å². The van der Waals surface area contributed by atoms with Gasteiger partial charge in [-0.05, 0) is 43.7 Å². The fourth-order valence-electron chi connectivity index (χ4n) is 3.37. The molecule has 1 fully saturated rings. The number of nitrogens with zero attached hydrogens (tertiary/aromatic N) is 2. The van der Waals surface area contributed by atoms with E-state index in [0.29, 0.717) is 6.04 Å². The van der Waals surface area contributed by atoms with Gasteiger partial charge in [-0.15, -0.1) is 0 Å². The number of urea groups is 1. The number of fused-ring (bicyclic) bond motifs is 1. The lowest BCUT2D eigenvalue weighted by Gasteiger charge is -2.37. The van der Waals surface area contributed by atoms with Gasteiger partial charge < -0.3 is 4.90 Å². The van der Waals surface area contributed by atoms with Crippen LogP contribution in [-0.2, 0) is 6.42 Å². The van der Waals surface area contributed by atoms with Crippen LogP contribution >= 0.6 is 0 Å². The number of amides is 2. The van der Waals surface area contributed by atoms with Crippen LogP contribution in [0.1, 0.15) is 38.2 Å². The number of para-hydroxylation sites is 1. The average Bonchev–Trinajstić information content (AvgIpc) is 2.90. The molecule has 1 aromatic rings. The van der Waals surface area contributed by atoms with Gasteiger partial charge in [-0.2, -0.15) is 0 Å². The van der Waals surface area contributed by atoms with Crippen LogP contribution in [0, 0.1) is 0 Å². The van der Waals surface area contributed by atoms with E-state index in [-0.39, 0.29) is 6.03 Å². The fourth-order valence-corrected chi connectivity index (χ4v) is 3.37. The number of rotatable bonds is 1.